The second kappa shape index (κ2) is 7.84. The van der Waals surface area contributed by atoms with Crippen molar-refractivity contribution in [1.29, 1.82) is 0 Å². The zero-order chi connectivity index (χ0) is 15.8. The van der Waals surface area contributed by atoms with Gasteiger partial charge >= 0.3 is 5.97 Å². The van der Waals surface area contributed by atoms with Crippen LogP contribution in [0.2, 0.25) is 0 Å². The van der Waals surface area contributed by atoms with Gasteiger partial charge in [0.25, 0.3) is 0 Å². The number of rotatable bonds is 8. The number of furan rings is 1. The van der Waals surface area contributed by atoms with E-state index >= 15 is 0 Å². The summed E-state index contributed by atoms with van der Waals surface area (Å²) < 4.78 is 5.11. The molecule has 116 valence electrons. The molecule has 7 heteroatoms. The Morgan fingerprint density at radius 2 is 1.91 bits per heavy atom. The maximum absolute atomic E-state index is 11.8. The Balaban J connectivity index is 1.79. The van der Waals surface area contributed by atoms with Crippen molar-refractivity contribution in [2.75, 3.05) is 5.43 Å². The molecule has 4 N–H and O–H groups in total. The predicted molar refractivity (Wildman–Crippen MR) is 79.8 cm³/mol. The van der Waals surface area contributed by atoms with Crippen molar-refractivity contribution in [1.82, 2.24) is 10.7 Å². The molecule has 0 spiro atoms. The largest absolute Gasteiger partial charge is 0.480 e. The molecule has 0 aliphatic rings. The lowest BCUT2D eigenvalue weighted by molar-refractivity contribution is -0.141. The molecule has 1 atom stereocenters. The minimum atomic E-state index is -1.10. The number of hydrazine groups is 1. The normalized spacial score (nSPS) is 11.6. The van der Waals surface area contributed by atoms with Crippen molar-refractivity contribution in [3.8, 4) is 0 Å². The van der Waals surface area contributed by atoms with E-state index in [4.69, 9.17) is 9.52 Å². The number of para-hydroxylation sites is 1. The molecular weight excluding hydrogens is 286 g/mol. The van der Waals surface area contributed by atoms with E-state index in [1.165, 1.54) is 6.26 Å². The van der Waals surface area contributed by atoms with Gasteiger partial charge in [-0.1, -0.05) is 18.2 Å². The van der Waals surface area contributed by atoms with Crippen molar-refractivity contribution in [2.24, 2.45) is 0 Å². The highest BCUT2D eigenvalue weighted by molar-refractivity contribution is 5.85. The number of aliphatic carboxylic acids is 1. The summed E-state index contributed by atoms with van der Waals surface area (Å²) >= 11 is 0. The lowest BCUT2D eigenvalue weighted by atomic mass is 10.2. The molecule has 0 radical (unpaired) electrons. The smallest absolute Gasteiger partial charge is 0.321 e. The molecule has 2 aromatic rings. The van der Waals surface area contributed by atoms with Crippen molar-refractivity contribution >= 4 is 17.6 Å². The highest BCUT2D eigenvalue weighted by Gasteiger charge is 2.20. The topological polar surface area (TPSA) is 104 Å². The molecule has 0 fully saturated rings. The summed E-state index contributed by atoms with van der Waals surface area (Å²) in [5.41, 5.74) is 5.90. The minimum Gasteiger partial charge on any atom is -0.480 e. The van der Waals surface area contributed by atoms with Gasteiger partial charge in [0.05, 0.1) is 24.9 Å². The number of carbonyl (C=O) groups excluding carboxylic acids is 1. The fourth-order valence-corrected chi connectivity index (χ4v) is 1.78. The number of amides is 1. The summed E-state index contributed by atoms with van der Waals surface area (Å²) in [6, 6.07) is 11.5. The number of hydrogen-bond acceptors (Lipinski definition) is 5. The fourth-order valence-electron chi connectivity index (χ4n) is 1.78. The van der Waals surface area contributed by atoms with Crippen LogP contribution in [-0.4, -0.2) is 23.0 Å². The third kappa shape index (κ3) is 4.95. The molecule has 22 heavy (non-hydrogen) atoms. The molecule has 0 saturated heterocycles. The lowest BCUT2D eigenvalue weighted by Crippen LogP contribution is -2.42. The van der Waals surface area contributed by atoms with E-state index in [0.29, 0.717) is 11.4 Å². The van der Waals surface area contributed by atoms with E-state index in [2.05, 4.69) is 16.2 Å². The van der Waals surface area contributed by atoms with Gasteiger partial charge in [0.2, 0.25) is 5.91 Å². The van der Waals surface area contributed by atoms with Gasteiger partial charge in [-0.3, -0.25) is 25.8 Å². The summed E-state index contributed by atoms with van der Waals surface area (Å²) in [7, 11) is 0. The van der Waals surface area contributed by atoms with Gasteiger partial charge in [-0.05, 0) is 24.3 Å². The van der Waals surface area contributed by atoms with Crippen LogP contribution >= 0.6 is 0 Å². The molecule has 0 aliphatic heterocycles. The van der Waals surface area contributed by atoms with E-state index in [1.807, 2.05) is 18.2 Å². The Morgan fingerprint density at radius 3 is 2.55 bits per heavy atom. The van der Waals surface area contributed by atoms with Crippen LogP contribution in [0, 0.1) is 0 Å². The van der Waals surface area contributed by atoms with Gasteiger partial charge in [-0.2, -0.15) is 0 Å². The van der Waals surface area contributed by atoms with Gasteiger partial charge < -0.3 is 9.52 Å². The Labute approximate surface area is 127 Å². The van der Waals surface area contributed by atoms with E-state index in [0.717, 1.165) is 0 Å². The second-order valence-electron chi connectivity index (χ2n) is 4.59. The van der Waals surface area contributed by atoms with Crippen LogP contribution < -0.4 is 16.2 Å². The number of carboxylic acids is 1. The van der Waals surface area contributed by atoms with Crippen LogP contribution in [0.15, 0.2) is 53.1 Å². The van der Waals surface area contributed by atoms with Crippen LogP contribution in [0.3, 0.4) is 0 Å². The van der Waals surface area contributed by atoms with Gasteiger partial charge in [0.1, 0.15) is 11.8 Å². The van der Waals surface area contributed by atoms with Crippen LogP contribution in [-0.2, 0) is 16.1 Å². The Kier molecular flexibility index (Phi) is 5.56. The molecule has 0 bridgehead atoms. The first-order valence-corrected chi connectivity index (χ1v) is 6.73. The second-order valence-corrected chi connectivity index (χ2v) is 4.59. The van der Waals surface area contributed by atoms with Gasteiger partial charge in [0.15, 0.2) is 0 Å². The molecular formula is C15H17N3O4. The highest BCUT2D eigenvalue weighted by Crippen LogP contribution is 2.04. The van der Waals surface area contributed by atoms with E-state index in [1.54, 1.807) is 24.3 Å². The first-order chi connectivity index (χ1) is 10.6. The third-order valence-corrected chi connectivity index (χ3v) is 2.91. The monoisotopic (exact) mass is 303 g/mol. The average Bonchev–Trinajstić information content (AvgIpc) is 3.03. The number of carbonyl (C=O) groups is 2. The molecule has 1 aromatic carbocycles. The number of benzene rings is 1. The molecule has 0 unspecified atom stereocenters. The molecule has 2 rings (SSSR count). The minimum absolute atomic E-state index is 0.199. The number of hydrogen-bond donors (Lipinski definition) is 4. The molecule has 1 aromatic heterocycles. The average molecular weight is 303 g/mol. The van der Waals surface area contributed by atoms with Crippen molar-refractivity contribution in [3.05, 3.63) is 54.5 Å². The molecule has 0 aliphatic carbocycles. The first kappa shape index (κ1) is 15.6. The van der Waals surface area contributed by atoms with Crippen LogP contribution in [0.4, 0.5) is 5.69 Å². The number of carboxylic acid groups (broad SMARTS) is 1. The van der Waals surface area contributed by atoms with E-state index < -0.39 is 17.9 Å². The summed E-state index contributed by atoms with van der Waals surface area (Å²) in [4.78, 5) is 23.0. The zero-order valence-electron chi connectivity index (χ0n) is 11.8. The molecule has 1 heterocycles. The molecule has 0 saturated carbocycles. The molecule has 7 nitrogen and oxygen atoms in total. The molecule has 1 amide bonds. The quantitative estimate of drug-likeness (QED) is 0.549. The highest BCUT2D eigenvalue weighted by atomic mass is 16.4. The Hall–Kier alpha value is -2.80. The van der Waals surface area contributed by atoms with Crippen molar-refractivity contribution in [3.63, 3.8) is 0 Å². The van der Waals surface area contributed by atoms with Gasteiger partial charge in [-0.15, -0.1) is 0 Å². The third-order valence-electron chi connectivity index (χ3n) is 2.91. The first-order valence-electron chi connectivity index (χ1n) is 6.73. The van der Waals surface area contributed by atoms with E-state index in [9.17, 15) is 9.59 Å². The summed E-state index contributed by atoms with van der Waals surface area (Å²) in [5.74, 6) is -0.918. The van der Waals surface area contributed by atoms with Gasteiger partial charge in [0, 0.05) is 0 Å². The lowest BCUT2D eigenvalue weighted by Gasteiger charge is -2.14. The van der Waals surface area contributed by atoms with Crippen molar-refractivity contribution in [2.45, 2.75) is 19.0 Å². The van der Waals surface area contributed by atoms with Crippen LogP contribution in [0.5, 0.6) is 0 Å². The Morgan fingerprint density at radius 1 is 1.14 bits per heavy atom. The van der Waals surface area contributed by atoms with Crippen LogP contribution in [0.1, 0.15) is 12.2 Å². The van der Waals surface area contributed by atoms with Crippen LogP contribution in [0.25, 0.3) is 0 Å². The zero-order valence-corrected chi connectivity index (χ0v) is 11.8. The summed E-state index contributed by atoms with van der Waals surface area (Å²) in [6.45, 7) is 0.239. The SMILES string of the molecule is O=C(C[C@@H](NCc1ccco1)C(=O)O)NNc1ccccc1. The fraction of sp³-hybridized carbons (Fsp3) is 0.200. The summed E-state index contributed by atoms with van der Waals surface area (Å²) in [6.07, 6.45) is 1.30. The predicted octanol–water partition coefficient (Wildman–Crippen LogP) is 1.36. The summed E-state index contributed by atoms with van der Waals surface area (Å²) in [5, 5.41) is 11.9. The standard InChI is InChI=1S/C15H17N3O4/c19-14(18-17-11-5-2-1-3-6-11)9-13(15(20)21)16-10-12-7-4-8-22-12/h1-8,13,16-17H,9-10H2,(H,18,19)(H,20,21)/t13-/m1/s1. The van der Waals surface area contributed by atoms with E-state index in [-0.39, 0.29) is 13.0 Å². The number of anilines is 1. The Bertz CT molecular complexity index is 599. The van der Waals surface area contributed by atoms with Crippen molar-refractivity contribution < 1.29 is 19.1 Å². The van der Waals surface area contributed by atoms with Gasteiger partial charge in [-0.25, -0.2) is 0 Å². The number of nitrogens with one attached hydrogen (secondary N) is 3. The maximum atomic E-state index is 11.8. The maximum Gasteiger partial charge on any atom is 0.321 e.